The smallest absolute Gasteiger partial charge is 0.223 e. The third kappa shape index (κ3) is 2.98. The van der Waals surface area contributed by atoms with Crippen LogP contribution in [0.15, 0.2) is 22.7 Å². The minimum Gasteiger partial charge on any atom is -0.361 e. The number of benzene rings is 1. The van der Waals surface area contributed by atoms with Crippen LogP contribution in [-0.4, -0.2) is 32.5 Å². The van der Waals surface area contributed by atoms with Crippen LogP contribution in [0.1, 0.15) is 48.1 Å². The highest BCUT2D eigenvalue weighted by molar-refractivity contribution is 5.78. The lowest BCUT2D eigenvalue weighted by Crippen LogP contribution is -2.31. The van der Waals surface area contributed by atoms with E-state index in [-0.39, 0.29) is 17.8 Å². The molecule has 3 aromatic rings. The van der Waals surface area contributed by atoms with Gasteiger partial charge < -0.3 is 14.4 Å². The number of hydrogen-bond donors (Lipinski definition) is 1. The highest BCUT2D eigenvalue weighted by Gasteiger charge is 2.32. The number of halogens is 1. The predicted octanol–water partition coefficient (Wildman–Crippen LogP) is 3.60. The number of nitrogens with zero attached hydrogens (tertiary/aromatic N) is 3. The van der Waals surface area contributed by atoms with Gasteiger partial charge in [0.25, 0.3) is 0 Å². The van der Waals surface area contributed by atoms with Crippen LogP contribution in [0.4, 0.5) is 4.39 Å². The standard InChI is InChI=1S/C19H21FN4O2/c1-11-14(12(2)26-23-11)6-8-18(25)24-9-3-4-17(24)19-21-15-7-5-13(20)10-16(15)22-19/h5,7,10,17H,3-4,6,8-9H2,1-2H3,(H,21,22)/t17-/m0/s1. The summed E-state index contributed by atoms with van der Waals surface area (Å²) in [5.41, 5.74) is 3.23. The summed E-state index contributed by atoms with van der Waals surface area (Å²) in [7, 11) is 0. The zero-order valence-electron chi connectivity index (χ0n) is 14.9. The maximum absolute atomic E-state index is 13.4. The number of aryl methyl sites for hydroxylation is 2. The van der Waals surface area contributed by atoms with Gasteiger partial charge in [0.1, 0.15) is 17.4 Å². The van der Waals surface area contributed by atoms with Crippen LogP contribution in [0.2, 0.25) is 0 Å². The van der Waals surface area contributed by atoms with Crippen molar-refractivity contribution < 1.29 is 13.7 Å². The number of rotatable bonds is 4. The zero-order chi connectivity index (χ0) is 18.3. The molecule has 0 bridgehead atoms. The van der Waals surface area contributed by atoms with E-state index in [4.69, 9.17) is 4.52 Å². The van der Waals surface area contributed by atoms with Gasteiger partial charge >= 0.3 is 0 Å². The Morgan fingerprint density at radius 2 is 2.27 bits per heavy atom. The predicted molar refractivity (Wildman–Crippen MR) is 94.0 cm³/mol. The number of carbonyl (C=O) groups excluding carboxylic acids is 1. The Bertz CT molecular complexity index is 942. The SMILES string of the molecule is Cc1noc(C)c1CCC(=O)N1CCC[C@H]1c1nc2ccc(F)cc2[nH]1. The third-order valence-electron chi connectivity index (χ3n) is 5.12. The van der Waals surface area contributed by atoms with E-state index in [0.29, 0.717) is 18.4 Å². The van der Waals surface area contributed by atoms with Gasteiger partial charge in [-0.3, -0.25) is 4.79 Å². The molecule has 1 aliphatic heterocycles. The van der Waals surface area contributed by atoms with Gasteiger partial charge in [0.05, 0.1) is 22.8 Å². The normalized spacial score (nSPS) is 17.3. The van der Waals surface area contributed by atoms with E-state index in [9.17, 15) is 9.18 Å². The fourth-order valence-electron chi connectivity index (χ4n) is 3.74. The first kappa shape index (κ1) is 16.8. The molecule has 0 radical (unpaired) electrons. The molecule has 1 fully saturated rings. The molecule has 4 rings (SSSR count). The topological polar surface area (TPSA) is 75.0 Å². The molecule has 1 N–H and O–H groups in total. The average Bonchev–Trinajstić information content (AvgIpc) is 3.31. The molecule has 0 aliphatic carbocycles. The Hall–Kier alpha value is -2.70. The van der Waals surface area contributed by atoms with Crippen LogP contribution in [0.25, 0.3) is 11.0 Å². The van der Waals surface area contributed by atoms with Gasteiger partial charge in [0, 0.05) is 18.5 Å². The number of aromatic nitrogens is 3. The second-order valence-corrected chi connectivity index (χ2v) is 6.83. The van der Waals surface area contributed by atoms with Gasteiger partial charge in [-0.1, -0.05) is 5.16 Å². The van der Waals surface area contributed by atoms with Crippen molar-refractivity contribution in [1.29, 1.82) is 0 Å². The summed E-state index contributed by atoms with van der Waals surface area (Å²) < 4.78 is 18.6. The first-order chi connectivity index (χ1) is 12.5. The molecule has 1 aromatic carbocycles. The molecule has 1 amide bonds. The van der Waals surface area contributed by atoms with Crippen molar-refractivity contribution in [2.24, 2.45) is 0 Å². The maximum atomic E-state index is 13.4. The average molecular weight is 356 g/mol. The number of aromatic amines is 1. The lowest BCUT2D eigenvalue weighted by molar-refractivity contribution is -0.132. The van der Waals surface area contributed by atoms with Gasteiger partial charge in [-0.15, -0.1) is 0 Å². The number of H-pyrrole nitrogens is 1. The Kier molecular flexibility index (Phi) is 4.22. The summed E-state index contributed by atoms with van der Waals surface area (Å²) in [5, 5.41) is 3.94. The van der Waals surface area contributed by atoms with Crippen molar-refractivity contribution in [1.82, 2.24) is 20.0 Å². The Labute approximate surface area is 150 Å². The van der Waals surface area contributed by atoms with Gasteiger partial charge in [-0.05, 0) is 51.3 Å². The molecule has 2 aromatic heterocycles. The lowest BCUT2D eigenvalue weighted by Gasteiger charge is -2.23. The van der Waals surface area contributed by atoms with Crippen molar-refractivity contribution in [3.8, 4) is 0 Å². The zero-order valence-corrected chi connectivity index (χ0v) is 14.9. The van der Waals surface area contributed by atoms with E-state index in [1.165, 1.54) is 12.1 Å². The number of fused-ring (bicyclic) bond motifs is 1. The molecule has 0 saturated carbocycles. The summed E-state index contributed by atoms with van der Waals surface area (Å²) >= 11 is 0. The van der Waals surface area contributed by atoms with Crippen molar-refractivity contribution in [3.05, 3.63) is 46.9 Å². The van der Waals surface area contributed by atoms with Crippen molar-refractivity contribution in [2.75, 3.05) is 6.54 Å². The largest absolute Gasteiger partial charge is 0.361 e. The number of imidazole rings is 1. The molecule has 0 unspecified atom stereocenters. The van der Waals surface area contributed by atoms with E-state index >= 15 is 0 Å². The van der Waals surface area contributed by atoms with Gasteiger partial charge in [0.15, 0.2) is 0 Å². The number of hydrogen-bond acceptors (Lipinski definition) is 4. The minimum absolute atomic E-state index is 0.0809. The summed E-state index contributed by atoms with van der Waals surface area (Å²) in [6.07, 6.45) is 2.83. The number of likely N-dealkylation sites (tertiary alicyclic amines) is 1. The fourth-order valence-corrected chi connectivity index (χ4v) is 3.74. The summed E-state index contributed by atoms with van der Waals surface area (Å²) in [5.74, 6) is 1.30. The number of carbonyl (C=O) groups is 1. The van der Waals surface area contributed by atoms with Crippen LogP contribution in [-0.2, 0) is 11.2 Å². The third-order valence-corrected chi connectivity index (χ3v) is 5.12. The van der Waals surface area contributed by atoms with E-state index in [1.54, 1.807) is 6.07 Å². The van der Waals surface area contributed by atoms with Crippen LogP contribution in [0.5, 0.6) is 0 Å². The maximum Gasteiger partial charge on any atom is 0.223 e. The van der Waals surface area contributed by atoms with Crippen LogP contribution in [0.3, 0.4) is 0 Å². The van der Waals surface area contributed by atoms with Crippen LogP contribution in [0, 0.1) is 19.7 Å². The van der Waals surface area contributed by atoms with E-state index in [0.717, 1.165) is 47.7 Å². The molecule has 1 atom stereocenters. The lowest BCUT2D eigenvalue weighted by atomic mass is 10.1. The second kappa shape index (κ2) is 6.55. The monoisotopic (exact) mass is 356 g/mol. The minimum atomic E-state index is -0.300. The fraction of sp³-hybridized carbons (Fsp3) is 0.421. The summed E-state index contributed by atoms with van der Waals surface area (Å²) in [6, 6.07) is 4.41. The van der Waals surface area contributed by atoms with Gasteiger partial charge in [-0.2, -0.15) is 0 Å². The van der Waals surface area contributed by atoms with Crippen LogP contribution >= 0.6 is 0 Å². The van der Waals surface area contributed by atoms with Gasteiger partial charge in [-0.25, -0.2) is 9.37 Å². The van der Waals surface area contributed by atoms with Crippen molar-refractivity contribution in [2.45, 2.75) is 45.6 Å². The van der Waals surface area contributed by atoms with E-state index in [1.807, 2.05) is 18.7 Å². The Morgan fingerprint density at radius 1 is 1.42 bits per heavy atom. The quantitative estimate of drug-likeness (QED) is 0.775. The second-order valence-electron chi connectivity index (χ2n) is 6.83. The summed E-state index contributed by atoms with van der Waals surface area (Å²) in [6.45, 7) is 4.48. The molecular weight excluding hydrogens is 335 g/mol. The van der Waals surface area contributed by atoms with E-state index in [2.05, 4.69) is 15.1 Å². The number of amides is 1. The number of nitrogens with one attached hydrogen (secondary N) is 1. The van der Waals surface area contributed by atoms with Gasteiger partial charge in [0.2, 0.25) is 5.91 Å². The molecule has 7 heteroatoms. The molecule has 3 heterocycles. The first-order valence-corrected chi connectivity index (χ1v) is 8.89. The molecule has 0 spiro atoms. The van der Waals surface area contributed by atoms with E-state index < -0.39 is 0 Å². The molecule has 1 saturated heterocycles. The van der Waals surface area contributed by atoms with Crippen molar-refractivity contribution >= 4 is 16.9 Å². The molecule has 26 heavy (non-hydrogen) atoms. The van der Waals surface area contributed by atoms with Crippen LogP contribution < -0.4 is 0 Å². The Morgan fingerprint density at radius 3 is 3.04 bits per heavy atom. The molecular formula is C19H21FN4O2. The highest BCUT2D eigenvalue weighted by atomic mass is 19.1. The highest BCUT2D eigenvalue weighted by Crippen LogP contribution is 2.32. The first-order valence-electron chi connectivity index (χ1n) is 8.89. The molecule has 136 valence electrons. The molecule has 6 nitrogen and oxygen atoms in total. The molecule has 1 aliphatic rings. The van der Waals surface area contributed by atoms with Crippen molar-refractivity contribution in [3.63, 3.8) is 0 Å². The summed E-state index contributed by atoms with van der Waals surface area (Å²) in [4.78, 5) is 22.4. The Balaban J connectivity index is 1.51.